The lowest BCUT2D eigenvalue weighted by atomic mass is 10.1. The fourth-order valence-corrected chi connectivity index (χ4v) is 11.6. The largest absolute Gasteiger partial charge is 0.329 e. The Balaban J connectivity index is 6.68. The van der Waals surface area contributed by atoms with Crippen molar-refractivity contribution >= 4 is 0 Å². The minimum Gasteiger partial charge on any atom is -0.329 e. The summed E-state index contributed by atoms with van der Waals surface area (Å²) in [6, 6.07) is 0. The molecule has 0 radical (unpaired) electrons. The molecule has 0 amide bonds. The van der Waals surface area contributed by atoms with E-state index < -0.39 is 24.5 Å². The predicted octanol–water partition coefficient (Wildman–Crippen LogP) is 25.8. The molecule has 85 heavy (non-hydrogen) atoms. The summed E-state index contributed by atoms with van der Waals surface area (Å²) in [6.45, 7) is 20.9. The van der Waals surface area contributed by atoms with Gasteiger partial charge in [-0.05, 0) is 64.2 Å². The minimum atomic E-state index is -1.16. The van der Waals surface area contributed by atoms with Gasteiger partial charge in [-0.2, -0.15) is 0 Å². The summed E-state index contributed by atoms with van der Waals surface area (Å²) in [5, 5.41) is 0. The molecule has 0 N–H and O–H groups in total. The molecule has 9 nitrogen and oxygen atoms in total. The van der Waals surface area contributed by atoms with Crippen molar-refractivity contribution in [3.63, 3.8) is 0 Å². The van der Waals surface area contributed by atoms with Gasteiger partial charge in [-0.1, -0.05) is 351 Å². The summed E-state index contributed by atoms with van der Waals surface area (Å²) in [5.74, 6) is -2.31. The molecule has 512 valence electrons. The predicted molar refractivity (Wildman–Crippen MR) is 365 cm³/mol. The zero-order valence-corrected chi connectivity index (χ0v) is 59.1. The fraction of sp³-hybridized carbons (Fsp3) is 1.00. The molecule has 0 saturated carbocycles. The lowest BCUT2D eigenvalue weighted by molar-refractivity contribution is -0.432. The summed E-state index contributed by atoms with van der Waals surface area (Å²) in [7, 11) is 0. The molecular weight excluding hydrogens is 1060 g/mol. The van der Waals surface area contributed by atoms with Crippen LogP contribution in [-0.2, 0) is 42.6 Å². The normalized spacial score (nSPS) is 13.0. The first-order valence-corrected chi connectivity index (χ1v) is 38.7. The van der Waals surface area contributed by atoms with E-state index in [2.05, 4.69) is 55.4 Å². The standard InChI is InChI=1S/C76H154O9/c1-9-17-25-33-39-45-51-59-67-80-75(65-57-31-23-15-7,81-68-60-52-46-40-34-26-18-10-2)84-73(63-55-49-43-37-29-21-13-5)78-71-77-72-79-74(64-56-50-44-38-30-22-14-6)85-76(66-58-32-24-16-8,82-69-61-53-47-41-35-27-19-11-3)83-70-62-54-48-42-36-28-20-12-4/h73-74H,9-72H2,1-8H3. The van der Waals surface area contributed by atoms with Crippen molar-refractivity contribution in [2.45, 2.75) is 452 Å². The highest BCUT2D eigenvalue weighted by Crippen LogP contribution is 2.32. The van der Waals surface area contributed by atoms with Crippen LogP contribution in [0.1, 0.15) is 428 Å². The average Bonchev–Trinajstić information content (AvgIpc) is 3.63. The third-order valence-electron chi connectivity index (χ3n) is 17.3. The Labute approximate surface area is 532 Å². The van der Waals surface area contributed by atoms with Crippen LogP contribution >= 0.6 is 0 Å². The summed E-state index contributed by atoms with van der Waals surface area (Å²) < 4.78 is 61.9. The van der Waals surface area contributed by atoms with Crippen LogP contribution in [0.15, 0.2) is 0 Å². The molecule has 0 saturated heterocycles. The van der Waals surface area contributed by atoms with Crippen molar-refractivity contribution in [1.29, 1.82) is 0 Å². The molecule has 0 aliphatic rings. The quantitative estimate of drug-likeness (QED) is 0.0437. The zero-order valence-electron chi connectivity index (χ0n) is 59.1. The Morgan fingerprint density at radius 3 is 0.624 bits per heavy atom. The van der Waals surface area contributed by atoms with Gasteiger partial charge in [0.1, 0.15) is 0 Å². The van der Waals surface area contributed by atoms with Gasteiger partial charge in [0, 0.05) is 12.8 Å². The summed E-state index contributed by atoms with van der Waals surface area (Å²) in [4.78, 5) is 0. The van der Waals surface area contributed by atoms with Crippen LogP contribution in [0.3, 0.4) is 0 Å². The molecule has 0 bridgehead atoms. The molecule has 0 aromatic carbocycles. The molecule has 0 aromatic rings. The highest BCUT2D eigenvalue weighted by molar-refractivity contribution is 4.66. The first kappa shape index (κ1) is 84.6. The second kappa shape index (κ2) is 69.5. The molecule has 9 heteroatoms. The van der Waals surface area contributed by atoms with Crippen molar-refractivity contribution in [2.24, 2.45) is 0 Å². The Morgan fingerprint density at radius 2 is 0.400 bits per heavy atom. The van der Waals surface area contributed by atoms with Gasteiger partial charge in [0.25, 0.3) is 11.9 Å². The summed E-state index contributed by atoms with van der Waals surface area (Å²) in [5.41, 5.74) is 0. The Bertz CT molecular complexity index is 1090. The number of ether oxygens (including phenoxy) is 9. The van der Waals surface area contributed by atoms with Crippen LogP contribution in [0.4, 0.5) is 0 Å². The van der Waals surface area contributed by atoms with Crippen molar-refractivity contribution in [3.05, 3.63) is 0 Å². The van der Waals surface area contributed by atoms with Crippen molar-refractivity contribution < 1.29 is 42.6 Å². The minimum absolute atomic E-state index is 0.0410. The van der Waals surface area contributed by atoms with Crippen molar-refractivity contribution in [2.75, 3.05) is 40.0 Å². The van der Waals surface area contributed by atoms with E-state index >= 15 is 0 Å². The number of unbranched alkanes of at least 4 members (excludes halogenated alkanes) is 46. The monoisotopic (exact) mass is 1210 g/mol. The van der Waals surface area contributed by atoms with Crippen LogP contribution in [0.25, 0.3) is 0 Å². The Hall–Kier alpha value is -0.360. The maximum Gasteiger partial charge on any atom is 0.285 e. The van der Waals surface area contributed by atoms with E-state index in [-0.39, 0.29) is 13.6 Å². The van der Waals surface area contributed by atoms with Crippen LogP contribution in [0.5, 0.6) is 0 Å². The van der Waals surface area contributed by atoms with E-state index in [4.69, 9.17) is 42.6 Å². The first-order chi connectivity index (χ1) is 41.9. The summed E-state index contributed by atoms with van der Waals surface area (Å²) >= 11 is 0. The topological polar surface area (TPSA) is 83.1 Å². The maximum atomic E-state index is 7.18. The van der Waals surface area contributed by atoms with Crippen LogP contribution in [0.2, 0.25) is 0 Å². The molecular formula is C76H154O9. The fourth-order valence-electron chi connectivity index (χ4n) is 11.6. The first-order valence-electron chi connectivity index (χ1n) is 38.7. The number of hydrogen-bond acceptors (Lipinski definition) is 9. The lowest BCUT2D eigenvalue weighted by Crippen LogP contribution is -2.44. The molecule has 0 aliphatic heterocycles. The third kappa shape index (κ3) is 58.5. The molecule has 0 heterocycles. The van der Waals surface area contributed by atoms with E-state index in [1.807, 2.05) is 0 Å². The Kier molecular flexibility index (Phi) is 69.2. The van der Waals surface area contributed by atoms with Gasteiger partial charge in [-0.25, -0.2) is 0 Å². The SMILES string of the molecule is CCCCCCCCCCOC(CCCCCC)(OCCCCCCCCCC)OC(CCCCCCCCC)OCOCOC(CCCCCCCCC)OC(CCCCCC)(OCCCCCCCCCC)OCCCCCCCCCC. The van der Waals surface area contributed by atoms with E-state index in [0.717, 1.165) is 89.9 Å². The van der Waals surface area contributed by atoms with Gasteiger partial charge in [0.15, 0.2) is 26.2 Å². The van der Waals surface area contributed by atoms with E-state index in [0.29, 0.717) is 39.3 Å². The smallest absolute Gasteiger partial charge is 0.285 e. The second-order valence-electron chi connectivity index (χ2n) is 26.0. The molecule has 0 fully saturated rings. The van der Waals surface area contributed by atoms with Crippen LogP contribution in [-0.4, -0.2) is 64.5 Å². The molecule has 0 rings (SSSR count). The van der Waals surface area contributed by atoms with E-state index in [1.165, 1.54) is 270 Å². The van der Waals surface area contributed by atoms with Gasteiger partial charge in [0.2, 0.25) is 0 Å². The van der Waals surface area contributed by atoms with E-state index in [1.54, 1.807) is 0 Å². The molecule has 2 unspecified atom stereocenters. The summed E-state index contributed by atoms with van der Waals surface area (Å²) in [6.07, 6.45) is 68.1. The molecule has 2 atom stereocenters. The highest BCUT2D eigenvalue weighted by Gasteiger charge is 2.38. The second-order valence-corrected chi connectivity index (χ2v) is 26.0. The molecule has 0 spiro atoms. The van der Waals surface area contributed by atoms with Gasteiger partial charge in [-0.3, -0.25) is 9.47 Å². The average molecular weight is 1210 g/mol. The van der Waals surface area contributed by atoms with E-state index in [9.17, 15) is 0 Å². The maximum absolute atomic E-state index is 7.18. The highest BCUT2D eigenvalue weighted by atomic mass is 16.9. The van der Waals surface area contributed by atoms with Crippen LogP contribution < -0.4 is 0 Å². The third-order valence-corrected chi connectivity index (χ3v) is 17.3. The van der Waals surface area contributed by atoms with Gasteiger partial charge < -0.3 is 33.2 Å². The van der Waals surface area contributed by atoms with Crippen LogP contribution in [0, 0.1) is 0 Å². The van der Waals surface area contributed by atoms with Crippen molar-refractivity contribution in [1.82, 2.24) is 0 Å². The van der Waals surface area contributed by atoms with Crippen molar-refractivity contribution in [3.8, 4) is 0 Å². The number of rotatable bonds is 76. The zero-order chi connectivity index (χ0) is 61.8. The molecule has 0 aromatic heterocycles. The van der Waals surface area contributed by atoms with Gasteiger partial charge in [-0.15, -0.1) is 0 Å². The van der Waals surface area contributed by atoms with Gasteiger partial charge in [0.05, 0.1) is 26.4 Å². The molecule has 0 aliphatic carbocycles. The Morgan fingerprint density at radius 1 is 0.212 bits per heavy atom. The lowest BCUT2D eigenvalue weighted by Gasteiger charge is -2.37. The number of hydrogen-bond donors (Lipinski definition) is 0. The van der Waals surface area contributed by atoms with Gasteiger partial charge >= 0.3 is 0 Å².